The third-order valence-electron chi connectivity index (χ3n) is 19.3. The molecule has 6 aliphatic heterocycles. The Kier molecular flexibility index (Phi) is 14.8. The van der Waals surface area contributed by atoms with Gasteiger partial charge < -0.3 is 29.2 Å². The maximum atomic E-state index is 15.3. The van der Waals surface area contributed by atoms with Crippen LogP contribution in [0.25, 0.3) is 33.3 Å². The van der Waals surface area contributed by atoms with E-state index in [0.29, 0.717) is 92.0 Å². The molecular formula is C63H81F3N10O6. The van der Waals surface area contributed by atoms with E-state index in [-0.39, 0.29) is 61.1 Å². The van der Waals surface area contributed by atoms with Gasteiger partial charge in [-0.2, -0.15) is 13.2 Å². The fourth-order valence-electron chi connectivity index (χ4n) is 14.8. The van der Waals surface area contributed by atoms with E-state index >= 15 is 22.8 Å². The van der Waals surface area contributed by atoms with Crippen molar-refractivity contribution >= 4 is 40.3 Å². The predicted octanol–water partition coefficient (Wildman–Crippen LogP) is 7.21. The number of cyclic esters (lactones) is 1. The van der Waals surface area contributed by atoms with Crippen molar-refractivity contribution in [2.75, 3.05) is 77.0 Å². The molecule has 82 heavy (non-hydrogen) atoms. The van der Waals surface area contributed by atoms with E-state index in [1.807, 2.05) is 75.2 Å². The Morgan fingerprint density at radius 1 is 0.878 bits per heavy atom. The van der Waals surface area contributed by atoms with Crippen LogP contribution in [0.15, 0.2) is 54.7 Å². The van der Waals surface area contributed by atoms with Gasteiger partial charge in [-0.1, -0.05) is 70.9 Å². The van der Waals surface area contributed by atoms with Crippen molar-refractivity contribution in [2.24, 2.45) is 17.3 Å². The lowest BCUT2D eigenvalue weighted by atomic mass is 9.83. The number of hydrazine groups is 1. The van der Waals surface area contributed by atoms with Gasteiger partial charge in [0, 0.05) is 86.2 Å². The molecule has 0 unspecified atom stereocenters. The van der Waals surface area contributed by atoms with Gasteiger partial charge in [0.1, 0.15) is 30.3 Å². The molecule has 4 aromatic rings. The standard InChI is InChI=1S/C63H81F3N10O6/c1-38(2)52-47(30-45(32-67-52)72-23-21-71(22-24-72)44-17-18-44)56-48-31-61(3,4)37-81-60(80)49-13-8-20-76(70-49)58(78)50(28-39-9-7-12-42(27-39)43-16-19-51(46(48)29-43)75(56)36-63(64,65)66)68-57(77)55(41-10-5-6-11-41)73-25-26-82-62(33-73)34-74(35-62)59(79)54-53(69-54)40-14-15-40/h7,9,12,16,19,27,29-30,32,38,40-41,44,49-50,53-55,69-70H,5-6,8,10-11,13-15,17-18,20-26,28,31,33-37H2,1-4H3,(H,68,77)/t49-,50-,53+,54+,55-/m0/s1. The molecule has 440 valence electrons. The number of carbonyl (C=O) groups is 4. The highest BCUT2D eigenvalue weighted by Crippen LogP contribution is 2.46. The van der Waals surface area contributed by atoms with Crippen LogP contribution in [0.1, 0.15) is 115 Å². The molecule has 19 heteroatoms. The summed E-state index contributed by atoms with van der Waals surface area (Å²) >= 11 is 0. The minimum Gasteiger partial charge on any atom is -0.464 e. The van der Waals surface area contributed by atoms with Crippen LogP contribution in [0.3, 0.4) is 0 Å². The number of ether oxygens (including phenoxy) is 2. The van der Waals surface area contributed by atoms with Gasteiger partial charge in [-0.25, -0.2) is 5.43 Å². The lowest BCUT2D eigenvalue weighted by molar-refractivity contribution is -0.197. The van der Waals surface area contributed by atoms with E-state index in [9.17, 15) is 9.59 Å². The molecule has 3 saturated carbocycles. The highest BCUT2D eigenvalue weighted by atomic mass is 19.4. The number of halogens is 3. The van der Waals surface area contributed by atoms with Crippen molar-refractivity contribution in [2.45, 2.75) is 165 Å². The number of likely N-dealkylation sites (tertiary alicyclic amines) is 1. The van der Waals surface area contributed by atoms with Crippen LogP contribution in [-0.4, -0.2) is 173 Å². The van der Waals surface area contributed by atoms with Gasteiger partial charge in [-0.05, 0) is 116 Å². The molecular weight excluding hydrogens is 1050 g/mol. The summed E-state index contributed by atoms with van der Waals surface area (Å²) in [5, 5.41) is 8.84. The normalized spacial score (nSPS) is 26.9. The second-order valence-corrected chi connectivity index (χ2v) is 26.7. The smallest absolute Gasteiger partial charge is 0.406 e. The first-order valence-corrected chi connectivity index (χ1v) is 30.6. The number of hydrogen-bond donors (Lipinski definition) is 3. The van der Waals surface area contributed by atoms with E-state index in [4.69, 9.17) is 14.5 Å². The molecule has 5 saturated heterocycles. The van der Waals surface area contributed by atoms with Gasteiger partial charge in [0.05, 0.1) is 55.6 Å². The number of benzene rings is 2. The van der Waals surface area contributed by atoms with E-state index in [0.717, 1.165) is 79.8 Å². The fraction of sp³-hybridized carbons (Fsp3) is 0.635. The first-order chi connectivity index (χ1) is 39.4. The minimum atomic E-state index is -4.57. The van der Waals surface area contributed by atoms with Crippen LogP contribution >= 0.6 is 0 Å². The molecule has 1 spiro atoms. The molecule has 16 nitrogen and oxygen atoms in total. The largest absolute Gasteiger partial charge is 0.464 e. The van der Waals surface area contributed by atoms with Crippen LogP contribution in [0.4, 0.5) is 18.9 Å². The number of pyridine rings is 1. The summed E-state index contributed by atoms with van der Waals surface area (Å²) in [5.74, 6) is -0.435. The summed E-state index contributed by atoms with van der Waals surface area (Å²) in [6.07, 6.45) is 7.23. The number of alkyl halides is 3. The number of fused-ring (bicyclic) bond motifs is 6. The summed E-state index contributed by atoms with van der Waals surface area (Å²) in [6, 6.07) is 14.0. The summed E-state index contributed by atoms with van der Waals surface area (Å²) in [5.41, 5.74) is 8.10. The van der Waals surface area contributed by atoms with E-state index in [2.05, 4.69) is 36.8 Å². The van der Waals surface area contributed by atoms with Crippen LogP contribution in [0, 0.1) is 17.3 Å². The first kappa shape index (κ1) is 55.6. The lowest BCUT2D eigenvalue weighted by Gasteiger charge is -2.55. The molecule has 3 amide bonds. The van der Waals surface area contributed by atoms with Gasteiger partial charge in [0.2, 0.25) is 11.8 Å². The Morgan fingerprint density at radius 3 is 2.38 bits per heavy atom. The number of nitrogens with one attached hydrogen (secondary N) is 3. The quantitative estimate of drug-likeness (QED) is 0.102. The average molecular weight is 1130 g/mol. The van der Waals surface area contributed by atoms with Crippen molar-refractivity contribution in [3.8, 4) is 22.4 Å². The maximum absolute atomic E-state index is 15.3. The highest BCUT2D eigenvalue weighted by molar-refractivity contribution is 5.96. The van der Waals surface area contributed by atoms with Crippen molar-refractivity contribution in [1.82, 2.24) is 45.3 Å². The van der Waals surface area contributed by atoms with Crippen molar-refractivity contribution < 1.29 is 41.8 Å². The van der Waals surface area contributed by atoms with Crippen LogP contribution in [0.5, 0.6) is 0 Å². The number of rotatable bonds is 11. The molecule has 3 N–H and O–H groups in total. The van der Waals surface area contributed by atoms with Crippen molar-refractivity contribution in [3.05, 3.63) is 71.5 Å². The van der Waals surface area contributed by atoms with Gasteiger partial charge >= 0.3 is 12.1 Å². The molecule has 6 bridgehead atoms. The van der Waals surface area contributed by atoms with Crippen LogP contribution < -0.4 is 21.0 Å². The molecule has 8 fully saturated rings. The zero-order chi connectivity index (χ0) is 56.8. The predicted molar refractivity (Wildman–Crippen MR) is 306 cm³/mol. The Bertz CT molecular complexity index is 3100. The van der Waals surface area contributed by atoms with Crippen LogP contribution in [-0.2, 0) is 48.0 Å². The zero-order valence-corrected chi connectivity index (χ0v) is 48.1. The summed E-state index contributed by atoms with van der Waals surface area (Å²) < 4.78 is 59.7. The van der Waals surface area contributed by atoms with Gasteiger partial charge in [0.25, 0.3) is 5.91 Å². The molecule has 2 aromatic carbocycles. The number of amides is 3. The van der Waals surface area contributed by atoms with Gasteiger partial charge in [0.15, 0.2) is 0 Å². The molecule has 0 radical (unpaired) electrons. The Hall–Kier alpha value is -5.60. The Morgan fingerprint density at radius 2 is 1.65 bits per heavy atom. The van der Waals surface area contributed by atoms with Crippen molar-refractivity contribution in [1.29, 1.82) is 0 Å². The summed E-state index contributed by atoms with van der Waals surface area (Å²) in [4.78, 5) is 72.2. The topological polar surface area (TPSA) is 167 Å². The molecule has 9 aliphatic rings. The number of hydrogen-bond acceptors (Lipinski definition) is 12. The number of piperazine rings is 1. The number of anilines is 1. The maximum Gasteiger partial charge on any atom is 0.406 e. The highest BCUT2D eigenvalue weighted by Gasteiger charge is 2.58. The summed E-state index contributed by atoms with van der Waals surface area (Å²) in [6.45, 7) is 12.9. The summed E-state index contributed by atoms with van der Waals surface area (Å²) in [7, 11) is 0. The van der Waals surface area contributed by atoms with E-state index in [1.165, 1.54) is 35.3 Å². The molecule has 2 aromatic heterocycles. The Labute approximate surface area is 479 Å². The first-order valence-electron chi connectivity index (χ1n) is 30.6. The zero-order valence-electron chi connectivity index (χ0n) is 48.1. The number of esters is 1. The lowest BCUT2D eigenvalue weighted by Crippen LogP contribution is -2.73. The van der Waals surface area contributed by atoms with Crippen LogP contribution in [0.2, 0.25) is 0 Å². The third-order valence-corrected chi connectivity index (χ3v) is 19.3. The molecule has 8 heterocycles. The SMILES string of the molecule is CC(C)c1ncc(N2CCN(C3CC3)CC2)cc1-c1c2c3cc(ccc3n1CC(F)(F)F)-c1cccc(c1)C[C@H](NC(=O)[C@H](C1CCCC1)N1CCOC3(CN(C(=O)[C@@H]4N[C@@H]4C4CC4)C3)C1)C(=O)N1CCC[C@H](N1)C(=O)OCC(C)(C)C2. The Balaban J connectivity index is 0.849. The van der Waals surface area contributed by atoms with Crippen molar-refractivity contribution in [3.63, 3.8) is 0 Å². The molecule has 5 atom stereocenters. The molecule has 3 aliphatic carbocycles. The monoisotopic (exact) mass is 1130 g/mol. The van der Waals surface area contributed by atoms with Gasteiger partial charge in [-0.15, -0.1) is 0 Å². The number of carbonyl (C=O) groups excluding carboxylic acids is 4. The second kappa shape index (κ2) is 21.8. The number of nitrogens with zero attached hydrogens (tertiary/aromatic N) is 7. The van der Waals surface area contributed by atoms with E-state index in [1.54, 1.807) is 6.07 Å². The van der Waals surface area contributed by atoms with Gasteiger partial charge in [-0.3, -0.25) is 44.3 Å². The van der Waals surface area contributed by atoms with E-state index < -0.39 is 47.8 Å². The number of morpholine rings is 1. The fourth-order valence-corrected chi connectivity index (χ4v) is 14.8. The average Bonchev–Trinajstić information content (AvgIpc) is 2.24. The second-order valence-electron chi connectivity index (χ2n) is 26.7. The minimum absolute atomic E-state index is 0.0390. The number of aromatic nitrogens is 2. The third kappa shape index (κ3) is 11.4. The molecule has 13 rings (SSSR count).